The van der Waals surface area contributed by atoms with Crippen LogP contribution in [0.3, 0.4) is 0 Å². The Labute approximate surface area is 222 Å². The first-order chi connectivity index (χ1) is 17.7. The summed E-state index contributed by atoms with van der Waals surface area (Å²) in [6, 6.07) is 18.8. The summed E-state index contributed by atoms with van der Waals surface area (Å²) in [7, 11) is 0. The van der Waals surface area contributed by atoms with Crippen LogP contribution in [0.1, 0.15) is 90.2 Å². The molecule has 0 saturated heterocycles. The monoisotopic (exact) mass is 488 g/mol. The van der Waals surface area contributed by atoms with E-state index < -0.39 is 0 Å². The molecule has 0 aliphatic heterocycles. The summed E-state index contributed by atoms with van der Waals surface area (Å²) in [4.78, 5) is 5.18. The summed E-state index contributed by atoms with van der Waals surface area (Å²) in [5.74, 6) is 0. The fourth-order valence-electron chi connectivity index (χ4n) is 5.76. The molecule has 3 aromatic rings. The summed E-state index contributed by atoms with van der Waals surface area (Å²) in [6.45, 7) is 16.5. The molecule has 0 spiro atoms. The van der Waals surface area contributed by atoms with Crippen LogP contribution in [0.25, 0.3) is 21.5 Å². The lowest BCUT2D eigenvalue weighted by molar-refractivity contribution is 0.281. The van der Waals surface area contributed by atoms with Gasteiger partial charge in [0.25, 0.3) is 0 Å². The number of unbranched alkanes of at least 4 members (excludes halogenated alkanes) is 4. The smallest absolute Gasteiger partial charge is 0.00189 e. The van der Waals surface area contributed by atoms with Crippen LogP contribution in [0.5, 0.6) is 0 Å². The molecular formula is C34H52N2. The highest BCUT2D eigenvalue weighted by atomic mass is 15.1. The van der Waals surface area contributed by atoms with E-state index in [1.807, 2.05) is 0 Å². The predicted octanol–water partition coefficient (Wildman–Crippen LogP) is 8.88. The van der Waals surface area contributed by atoms with E-state index in [0.717, 1.165) is 0 Å². The van der Waals surface area contributed by atoms with Gasteiger partial charge >= 0.3 is 0 Å². The number of hydrogen-bond donors (Lipinski definition) is 0. The van der Waals surface area contributed by atoms with Gasteiger partial charge in [-0.2, -0.15) is 0 Å². The van der Waals surface area contributed by atoms with E-state index in [0.29, 0.717) is 0 Å². The second-order valence-corrected chi connectivity index (χ2v) is 10.6. The summed E-state index contributed by atoms with van der Waals surface area (Å²) >= 11 is 0. The normalized spacial score (nSPS) is 11.9. The molecule has 2 heteroatoms. The molecule has 0 bridgehead atoms. The third-order valence-electron chi connectivity index (χ3n) is 7.87. The van der Waals surface area contributed by atoms with Gasteiger partial charge in [-0.3, -0.25) is 0 Å². The highest BCUT2D eigenvalue weighted by Crippen LogP contribution is 2.29. The third kappa shape index (κ3) is 8.60. The van der Waals surface area contributed by atoms with Crippen molar-refractivity contribution in [3.05, 3.63) is 59.7 Å². The van der Waals surface area contributed by atoms with E-state index >= 15 is 0 Å². The van der Waals surface area contributed by atoms with E-state index in [4.69, 9.17) is 0 Å². The van der Waals surface area contributed by atoms with Gasteiger partial charge in [-0.15, -0.1) is 0 Å². The van der Waals surface area contributed by atoms with Crippen LogP contribution in [-0.4, -0.2) is 49.1 Å². The van der Waals surface area contributed by atoms with Crippen molar-refractivity contribution < 1.29 is 0 Å². The quantitative estimate of drug-likeness (QED) is 0.130. The number of nitrogens with zero attached hydrogens (tertiary/aromatic N) is 2. The summed E-state index contributed by atoms with van der Waals surface area (Å²) in [5, 5.41) is 5.73. The maximum absolute atomic E-state index is 2.59. The lowest BCUT2D eigenvalue weighted by Gasteiger charge is -2.19. The number of rotatable bonds is 18. The highest BCUT2D eigenvalue weighted by molar-refractivity contribution is 6.00. The number of fused-ring (bicyclic) bond motifs is 2. The van der Waals surface area contributed by atoms with Crippen LogP contribution in [-0.2, 0) is 12.8 Å². The van der Waals surface area contributed by atoms with Gasteiger partial charge in [0.15, 0.2) is 0 Å². The van der Waals surface area contributed by atoms with Crippen molar-refractivity contribution in [2.75, 3.05) is 39.3 Å². The molecule has 198 valence electrons. The zero-order valence-corrected chi connectivity index (χ0v) is 23.8. The molecule has 0 atom stereocenters. The molecule has 0 saturated carbocycles. The summed E-state index contributed by atoms with van der Waals surface area (Å²) in [5.41, 5.74) is 3.04. The molecule has 0 radical (unpaired) electrons. The first-order valence-electron chi connectivity index (χ1n) is 15.1. The summed E-state index contributed by atoms with van der Waals surface area (Å²) in [6.07, 6.45) is 12.8. The number of hydrogen-bond acceptors (Lipinski definition) is 2. The number of aryl methyl sites for hydroxylation is 2. The molecule has 3 rings (SSSR count). The van der Waals surface area contributed by atoms with Crippen molar-refractivity contribution in [2.45, 2.75) is 91.9 Å². The second-order valence-electron chi connectivity index (χ2n) is 10.6. The van der Waals surface area contributed by atoms with E-state index in [1.54, 1.807) is 0 Å². The maximum atomic E-state index is 2.59. The second kappa shape index (κ2) is 16.0. The van der Waals surface area contributed by atoms with E-state index in [1.165, 1.54) is 136 Å². The van der Waals surface area contributed by atoms with Gasteiger partial charge in [-0.05, 0) is 135 Å². The first-order valence-corrected chi connectivity index (χ1v) is 15.1. The van der Waals surface area contributed by atoms with Crippen LogP contribution in [0.2, 0.25) is 0 Å². The van der Waals surface area contributed by atoms with Gasteiger partial charge in [-0.1, -0.05) is 76.9 Å². The predicted molar refractivity (Wildman–Crippen MR) is 161 cm³/mol. The van der Waals surface area contributed by atoms with Crippen molar-refractivity contribution >= 4 is 21.5 Å². The van der Waals surface area contributed by atoms with Gasteiger partial charge in [0.05, 0.1) is 0 Å². The van der Waals surface area contributed by atoms with Gasteiger partial charge in [0.2, 0.25) is 0 Å². The zero-order chi connectivity index (χ0) is 25.6. The first kappa shape index (κ1) is 28.7. The Morgan fingerprint density at radius 3 is 1.33 bits per heavy atom. The van der Waals surface area contributed by atoms with E-state index in [9.17, 15) is 0 Å². The molecule has 0 heterocycles. The molecule has 0 amide bonds. The Kier molecular flexibility index (Phi) is 12.8. The Bertz CT molecular complexity index is 941. The minimum atomic E-state index is 1.18. The molecule has 2 nitrogen and oxygen atoms in total. The standard InChI is InChI=1S/C34H52N2/c1-5-23-35(7-3)25-13-9-11-17-29-19-15-21-31-28-34-30(20-16-22-32(34)27-33(29)31)18-12-10-14-26-36(8-4)24-6-2/h15-16,19-22,27-28H,5-14,17-18,23-26H2,1-4H3. The van der Waals surface area contributed by atoms with Crippen LogP contribution < -0.4 is 0 Å². The zero-order valence-electron chi connectivity index (χ0n) is 23.8. The summed E-state index contributed by atoms with van der Waals surface area (Å²) < 4.78 is 0. The van der Waals surface area contributed by atoms with Crippen LogP contribution >= 0.6 is 0 Å². The van der Waals surface area contributed by atoms with Gasteiger partial charge in [-0.25, -0.2) is 0 Å². The fraction of sp³-hybridized carbons (Fsp3) is 0.588. The van der Waals surface area contributed by atoms with Crippen molar-refractivity contribution in [2.24, 2.45) is 0 Å². The molecule has 0 aliphatic carbocycles. The maximum Gasteiger partial charge on any atom is -0.00189 e. The van der Waals surface area contributed by atoms with Crippen LogP contribution in [0.15, 0.2) is 48.5 Å². The lowest BCUT2D eigenvalue weighted by atomic mass is 9.93. The molecular weight excluding hydrogens is 436 g/mol. The molecule has 0 N–H and O–H groups in total. The molecule has 36 heavy (non-hydrogen) atoms. The molecule has 0 aromatic heterocycles. The number of benzene rings is 3. The highest BCUT2D eigenvalue weighted by Gasteiger charge is 2.08. The molecule has 0 aliphatic rings. The van der Waals surface area contributed by atoms with Crippen molar-refractivity contribution in [1.82, 2.24) is 9.80 Å². The molecule has 3 aromatic carbocycles. The van der Waals surface area contributed by atoms with Crippen LogP contribution in [0.4, 0.5) is 0 Å². The van der Waals surface area contributed by atoms with Crippen molar-refractivity contribution in [3.8, 4) is 0 Å². The Hall–Kier alpha value is -1.90. The van der Waals surface area contributed by atoms with Crippen molar-refractivity contribution in [3.63, 3.8) is 0 Å². The van der Waals surface area contributed by atoms with Gasteiger partial charge in [0.1, 0.15) is 0 Å². The van der Waals surface area contributed by atoms with Crippen LogP contribution in [0, 0.1) is 0 Å². The van der Waals surface area contributed by atoms with E-state index in [2.05, 4.69) is 86.0 Å². The van der Waals surface area contributed by atoms with Crippen molar-refractivity contribution in [1.29, 1.82) is 0 Å². The molecule has 0 fully saturated rings. The minimum absolute atomic E-state index is 1.18. The topological polar surface area (TPSA) is 6.48 Å². The van der Waals surface area contributed by atoms with Gasteiger partial charge < -0.3 is 9.80 Å². The fourth-order valence-corrected chi connectivity index (χ4v) is 5.76. The largest absolute Gasteiger partial charge is 0.304 e. The van der Waals surface area contributed by atoms with E-state index in [-0.39, 0.29) is 0 Å². The Morgan fingerprint density at radius 2 is 0.944 bits per heavy atom. The Balaban J connectivity index is 1.59. The SMILES string of the molecule is CCCN(CC)CCCCCc1cccc2cc3c(CCCCCN(CC)CCC)cccc3cc12. The third-order valence-corrected chi connectivity index (χ3v) is 7.87. The average molecular weight is 489 g/mol. The lowest BCUT2D eigenvalue weighted by Crippen LogP contribution is -2.25. The van der Waals surface area contributed by atoms with Gasteiger partial charge in [0, 0.05) is 0 Å². The Morgan fingerprint density at radius 1 is 0.500 bits per heavy atom. The minimum Gasteiger partial charge on any atom is -0.304 e. The molecule has 0 unspecified atom stereocenters. The average Bonchev–Trinajstić information content (AvgIpc) is 2.90.